The molecule has 1 aromatic heterocycles. The SMILES string of the molecule is O=C(Nc1nccs1)C1CC(=O)N(c2cccc3ccccc23)C1. The van der Waals surface area contributed by atoms with Crippen molar-refractivity contribution in [2.45, 2.75) is 6.42 Å². The highest BCUT2D eigenvalue weighted by Crippen LogP contribution is 2.32. The van der Waals surface area contributed by atoms with Crippen LogP contribution in [0.1, 0.15) is 6.42 Å². The Morgan fingerprint density at radius 3 is 2.88 bits per heavy atom. The first-order valence-electron chi connectivity index (χ1n) is 7.71. The molecule has 5 nitrogen and oxygen atoms in total. The molecule has 6 heteroatoms. The molecule has 0 radical (unpaired) electrons. The van der Waals surface area contributed by atoms with E-state index in [4.69, 9.17) is 0 Å². The molecule has 0 aliphatic carbocycles. The van der Waals surface area contributed by atoms with E-state index < -0.39 is 0 Å². The van der Waals surface area contributed by atoms with Crippen molar-refractivity contribution in [1.82, 2.24) is 4.98 Å². The van der Waals surface area contributed by atoms with E-state index >= 15 is 0 Å². The van der Waals surface area contributed by atoms with Crippen molar-refractivity contribution >= 4 is 44.7 Å². The van der Waals surface area contributed by atoms with Crippen molar-refractivity contribution < 1.29 is 9.59 Å². The van der Waals surface area contributed by atoms with Gasteiger partial charge < -0.3 is 10.2 Å². The standard InChI is InChI=1S/C18H15N3O2S/c22-16-10-13(17(23)20-18-19-8-9-24-18)11-21(16)15-7-3-5-12-4-1-2-6-14(12)15/h1-9,13H,10-11H2,(H,19,20,23). The first-order chi connectivity index (χ1) is 11.7. The van der Waals surface area contributed by atoms with Crippen LogP contribution < -0.4 is 10.2 Å². The highest BCUT2D eigenvalue weighted by Gasteiger charge is 2.35. The Bertz CT molecular complexity index is 902. The van der Waals surface area contributed by atoms with Crippen LogP contribution in [0.3, 0.4) is 0 Å². The summed E-state index contributed by atoms with van der Waals surface area (Å²) in [5.74, 6) is -0.535. The van der Waals surface area contributed by atoms with E-state index in [2.05, 4.69) is 10.3 Å². The molecule has 1 N–H and O–H groups in total. The zero-order valence-corrected chi connectivity index (χ0v) is 13.6. The quantitative estimate of drug-likeness (QED) is 0.798. The van der Waals surface area contributed by atoms with E-state index in [-0.39, 0.29) is 24.2 Å². The summed E-state index contributed by atoms with van der Waals surface area (Å²) in [7, 11) is 0. The maximum Gasteiger partial charge on any atom is 0.231 e. The van der Waals surface area contributed by atoms with Crippen LogP contribution >= 0.6 is 11.3 Å². The maximum absolute atomic E-state index is 12.5. The first-order valence-corrected chi connectivity index (χ1v) is 8.59. The molecule has 1 fully saturated rings. The third-order valence-electron chi connectivity index (χ3n) is 4.22. The Labute approximate surface area is 142 Å². The van der Waals surface area contributed by atoms with E-state index in [1.165, 1.54) is 11.3 Å². The smallest absolute Gasteiger partial charge is 0.231 e. The molecule has 0 spiro atoms. The Hall–Kier alpha value is -2.73. The second-order valence-electron chi connectivity index (χ2n) is 5.73. The monoisotopic (exact) mass is 337 g/mol. The summed E-state index contributed by atoms with van der Waals surface area (Å²) in [5.41, 5.74) is 0.864. The number of hydrogen-bond acceptors (Lipinski definition) is 4. The molecule has 120 valence electrons. The van der Waals surface area contributed by atoms with Crippen molar-refractivity contribution in [1.29, 1.82) is 0 Å². The Balaban J connectivity index is 1.58. The lowest BCUT2D eigenvalue weighted by molar-refractivity contribution is -0.122. The van der Waals surface area contributed by atoms with Crippen molar-refractivity contribution in [3.63, 3.8) is 0 Å². The molecule has 1 atom stereocenters. The summed E-state index contributed by atoms with van der Waals surface area (Å²) < 4.78 is 0. The minimum Gasteiger partial charge on any atom is -0.311 e. The van der Waals surface area contributed by atoms with Gasteiger partial charge >= 0.3 is 0 Å². The lowest BCUT2D eigenvalue weighted by atomic mass is 10.1. The number of thiazole rings is 1. The zero-order chi connectivity index (χ0) is 16.5. The average molecular weight is 337 g/mol. The van der Waals surface area contributed by atoms with Gasteiger partial charge in [-0.1, -0.05) is 36.4 Å². The minimum absolute atomic E-state index is 0.0226. The maximum atomic E-state index is 12.5. The van der Waals surface area contributed by atoms with Crippen LogP contribution in [0, 0.1) is 5.92 Å². The van der Waals surface area contributed by atoms with Crippen molar-refractivity contribution in [2.75, 3.05) is 16.8 Å². The molecule has 2 aromatic carbocycles. The average Bonchev–Trinajstić information content (AvgIpc) is 3.24. The molecule has 0 saturated carbocycles. The largest absolute Gasteiger partial charge is 0.311 e. The third kappa shape index (κ3) is 2.65. The predicted molar refractivity (Wildman–Crippen MR) is 95.2 cm³/mol. The van der Waals surface area contributed by atoms with Gasteiger partial charge in [0.2, 0.25) is 11.8 Å². The molecule has 1 saturated heterocycles. The van der Waals surface area contributed by atoms with Crippen molar-refractivity contribution in [2.24, 2.45) is 5.92 Å². The number of nitrogens with zero attached hydrogens (tertiary/aromatic N) is 2. The van der Waals surface area contributed by atoms with Crippen LogP contribution in [0.25, 0.3) is 10.8 Å². The van der Waals surface area contributed by atoms with Crippen LogP contribution in [-0.2, 0) is 9.59 Å². The topological polar surface area (TPSA) is 62.3 Å². The highest BCUT2D eigenvalue weighted by molar-refractivity contribution is 7.13. The normalized spacial score (nSPS) is 17.4. The van der Waals surface area contributed by atoms with Crippen LogP contribution in [-0.4, -0.2) is 23.3 Å². The van der Waals surface area contributed by atoms with Gasteiger partial charge in [-0.25, -0.2) is 4.98 Å². The summed E-state index contributed by atoms with van der Waals surface area (Å²) in [4.78, 5) is 30.6. The summed E-state index contributed by atoms with van der Waals surface area (Å²) in [6, 6.07) is 13.8. The van der Waals surface area contributed by atoms with Gasteiger partial charge in [-0.15, -0.1) is 11.3 Å². The fourth-order valence-electron chi connectivity index (χ4n) is 3.05. The Kier molecular flexibility index (Phi) is 3.74. The second kappa shape index (κ2) is 6.05. The molecular weight excluding hydrogens is 322 g/mol. The molecule has 2 amide bonds. The van der Waals surface area contributed by atoms with Gasteiger partial charge in [0.15, 0.2) is 5.13 Å². The van der Waals surface area contributed by atoms with Crippen LogP contribution in [0.5, 0.6) is 0 Å². The van der Waals surface area contributed by atoms with Gasteiger partial charge in [-0.3, -0.25) is 9.59 Å². The van der Waals surface area contributed by atoms with E-state index in [0.29, 0.717) is 11.7 Å². The predicted octanol–water partition coefficient (Wildman–Crippen LogP) is 3.29. The molecule has 24 heavy (non-hydrogen) atoms. The number of hydrogen-bond donors (Lipinski definition) is 1. The van der Waals surface area contributed by atoms with E-state index in [0.717, 1.165) is 16.5 Å². The number of aromatic nitrogens is 1. The molecule has 1 aliphatic heterocycles. The van der Waals surface area contributed by atoms with Crippen LogP contribution in [0.4, 0.5) is 10.8 Å². The van der Waals surface area contributed by atoms with Gasteiger partial charge in [0, 0.05) is 29.9 Å². The number of carbonyl (C=O) groups excluding carboxylic acids is 2. The van der Waals surface area contributed by atoms with Crippen LogP contribution in [0.15, 0.2) is 54.0 Å². The number of amides is 2. The molecule has 4 rings (SSSR count). The number of rotatable bonds is 3. The third-order valence-corrected chi connectivity index (χ3v) is 4.90. The first kappa shape index (κ1) is 14.8. The number of fused-ring (bicyclic) bond motifs is 1. The lowest BCUT2D eigenvalue weighted by Crippen LogP contribution is -2.28. The fraction of sp³-hybridized carbons (Fsp3) is 0.167. The van der Waals surface area contributed by atoms with Gasteiger partial charge in [-0.05, 0) is 11.5 Å². The summed E-state index contributed by atoms with van der Waals surface area (Å²) in [5, 5.41) is 7.26. The van der Waals surface area contributed by atoms with Crippen molar-refractivity contribution in [3.05, 3.63) is 54.0 Å². The van der Waals surface area contributed by atoms with Crippen molar-refractivity contribution in [3.8, 4) is 0 Å². The second-order valence-corrected chi connectivity index (χ2v) is 6.62. The highest BCUT2D eigenvalue weighted by atomic mass is 32.1. The molecule has 2 heterocycles. The van der Waals surface area contributed by atoms with Gasteiger partial charge in [0.25, 0.3) is 0 Å². The fourth-order valence-corrected chi connectivity index (χ4v) is 3.58. The minimum atomic E-state index is -0.361. The lowest BCUT2D eigenvalue weighted by Gasteiger charge is -2.18. The number of nitrogens with one attached hydrogen (secondary N) is 1. The molecular formula is C18H15N3O2S. The van der Waals surface area contributed by atoms with Gasteiger partial charge in [0.1, 0.15) is 0 Å². The van der Waals surface area contributed by atoms with E-state index in [1.807, 2.05) is 42.5 Å². The van der Waals surface area contributed by atoms with E-state index in [1.54, 1.807) is 16.5 Å². The molecule has 3 aromatic rings. The number of anilines is 2. The summed E-state index contributed by atoms with van der Waals surface area (Å²) in [6.45, 7) is 0.393. The van der Waals surface area contributed by atoms with E-state index in [9.17, 15) is 9.59 Å². The van der Waals surface area contributed by atoms with Crippen LogP contribution in [0.2, 0.25) is 0 Å². The number of benzene rings is 2. The van der Waals surface area contributed by atoms with Gasteiger partial charge in [0.05, 0.1) is 11.6 Å². The van der Waals surface area contributed by atoms with Gasteiger partial charge in [-0.2, -0.15) is 0 Å². The number of carbonyl (C=O) groups is 2. The Morgan fingerprint density at radius 2 is 2.04 bits per heavy atom. The Morgan fingerprint density at radius 1 is 1.21 bits per heavy atom. The summed E-state index contributed by atoms with van der Waals surface area (Å²) in [6.07, 6.45) is 1.86. The molecule has 0 bridgehead atoms. The molecule has 1 aliphatic rings. The molecule has 1 unspecified atom stereocenters. The zero-order valence-electron chi connectivity index (χ0n) is 12.8. The summed E-state index contributed by atoms with van der Waals surface area (Å²) >= 11 is 1.37.